The average Bonchev–Trinajstić information content (AvgIpc) is 2.98. The number of azide groups is 1. The first-order valence-electron chi connectivity index (χ1n) is 7.47. The summed E-state index contributed by atoms with van der Waals surface area (Å²) >= 11 is 0. The molecule has 3 rings (SSSR count). The maximum atomic E-state index is 12.5. The van der Waals surface area contributed by atoms with Crippen LogP contribution in [0.15, 0.2) is 51.1 Å². The molecule has 0 bridgehead atoms. The Kier molecular flexibility index (Phi) is 4.23. The lowest BCUT2D eigenvalue weighted by molar-refractivity contribution is 0.703. The van der Waals surface area contributed by atoms with Crippen molar-refractivity contribution >= 4 is 23.2 Å². The van der Waals surface area contributed by atoms with Gasteiger partial charge in [0.05, 0.1) is 0 Å². The molecule has 0 aliphatic carbocycles. The molecule has 0 aliphatic heterocycles. The smallest absolute Gasteiger partial charge is 0.313 e. The van der Waals surface area contributed by atoms with Gasteiger partial charge in [-0.05, 0) is 16.2 Å². The van der Waals surface area contributed by atoms with Crippen LogP contribution in [0.2, 0.25) is 0 Å². The number of aromatic nitrogens is 4. The van der Waals surface area contributed by atoms with Gasteiger partial charge in [-0.3, -0.25) is 13.9 Å². The van der Waals surface area contributed by atoms with Gasteiger partial charge in [0, 0.05) is 25.6 Å². The molecule has 0 unspecified atom stereocenters. The normalized spacial score (nSPS) is 11.1. The SMILES string of the molecule is Cn1c(=O)c2c(nc(N=[N+]=[N-])n2C/C=C/c2ccccc2)n(C)c1=O. The minimum atomic E-state index is -0.491. The first-order chi connectivity index (χ1) is 12.0. The lowest BCUT2D eigenvalue weighted by atomic mass is 10.2. The van der Waals surface area contributed by atoms with Crippen LogP contribution in [0.5, 0.6) is 0 Å². The van der Waals surface area contributed by atoms with Gasteiger partial charge in [0.25, 0.3) is 5.56 Å². The molecule has 0 radical (unpaired) electrons. The van der Waals surface area contributed by atoms with Gasteiger partial charge in [-0.1, -0.05) is 42.5 Å². The molecule has 0 spiro atoms. The number of imidazole rings is 1. The summed E-state index contributed by atoms with van der Waals surface area (Å²) in [4.78, 5) is 31.4. The quantitative estimate of drug-likeness (QED) is 0.413. The van der Waals surface area contributed by atoms with Crippen LogP contribution in [0.1, 0.15) is 5.56 Å². The van der Waals surface area contributed by atoms with Crippen LogP contribution in [-0.2, 0) is 20.6 Å². The van der Waals surface area contributed by atoms with Gasteiger partial charge >= 0.3 is 5.69 Å². The van der Waals surface area contributed by atoms with Gasteiger partial charge in [0.1, 0.15) is 0 Å². The molecule has 9 nitrogen and oxygen atoms in total. The van der Waals surface area contributed by atoms with E-state index in [1.54, 1.807) is 0 Å². The van der Waals surface area contributed by atoms with Gasteiger partial charge in [-0.2, -0.15) is 0 Å². The van der Waals surface area contributed by atoms with E-state index in [0.717, 1.165) is 10.1 Å². The Morgan fingerprint density at radius 3 is 2.60 bits per heavy atom. The number of nitrogens with zero attached hydrogens (tertiary/aromatic N) is 7. The number of allylic oxidation sites excluding steroid dienone is 1. The predicted molar refractivity (Wildman–Crippen MR) is 94.5 cm³/mol. The summed E-state index contributed by atoms with van der Waals surface area (Å²) in [6, 6.07) is 9.65. The van der Waals surface area contributed by atoms with Gasteiger partial charge in [0.15, 0.2) is 17.1 Å². The van der Waals surface area contributed by atoms with Crippen molar-refractivity contribution < 1.29 is 0 Å². The molecule has 2 heterocycles. The van der Waals surface area contributed by atoms with Crippen molar-refractivity contribution in [3.05, 3.63) is 73.3 Å². The molecule has 3 aromatic rings. The number of hydrogen-bond donors (Lipinski definition) is 0. The van der Waals surface area contributed by atoms with E-state index in [9.17, 15) is 9.59 Å². The minimum absolute atomic E-state index is 0.0357. The van der Waals surface area contributed by atoms with Crippen LogP contribution in [0.25, 0.3) is 27.7 Å². The molecule has 0 saturated heterocycles. The fourth-order valence-corrected chi connectivity index (χ4v) is 2.58. The van der Waals surface area contributed by atoms with Crippen LogP contribution >= 0.6 is 0 Å². The Balaban J connectivity index is 2.17. The standard InChI is InChI=1S/C16H15N7O2/c1-21-13-12(14(24)22(2)16(21)25)23(15(18-13)19-20-17)10-6-9-11-7-4-3-5-8-11/h3-9H,10H2,1-2H3/b9-6+. The van der Waals surface area contributed by atoms with E-state index in [-0.39, 0.29) is 23.7 Å². The van der Waals surface area contributed by atoms with Crippen LogP contribution in [0.4, 0.5) is 5.95 Å². The predicted octanol–water partition coefficient (Wildman–Crippen LogP) is 2.09. The number of rotatable bonds is 4. The Labute approximate surface area is 141 Å². The average molecular weight is 337 g/mol. The number of fused-ring (bicyclic) bond motifs is 1. The van der Waals surface area contributed by atoms with Crippen molar-refractivity contribution in [2.24, 2.45) is 19.2 Å². The molecule has 0 saturated carbocycles. The Morgan fingerprint density at radius 1 is 1.20 bits per heavy atom. The van der Waals surface area contributed by atoms with E-state index in [1.165, 1.54) is 23.2 Å². The Hall–Kier alpha value is -3.58. The fourth-order valence-electron chi connectivity index (χ4n) is 2.58. The van der Waals surface area contributed by atoms with Crippen molar-refractivity contribution in [2.45, 2.75) is 6.54 Å². The van der Waals surface area contributed by atoms with Crippen molar-refractivity contribution in [3.8, 4) is 0 Å². The first-order valence-corrected chi connectivity index (χ1v) is 7.47. The number of aryl methyl sites for hydroxylation is 1. The van der Waals surface area contributed by atoms with E-state index in [0.29, 0.717) is 0 Å². The fraction of sp³-hybridized carbons (Fsp3) is 0.188. The molecule has 0 N–H and O–H groups in total. The zero-order valence-corrected chi connectivity index (χ0v) is 13.7. The summed E-state index contributed by atoms with van der Waals surface area (Å²) in [5, 5.41) is 3.55. The minimum Gasteiger partial charge on any atom is -0.313 e. The van der Waals surface area contributed by atoms with Crippen molar-refractivity contribution in [1.82, 2.24) is 18.7 Å². The van der Waals surface area contributed by atoms with Crippen molar-refractivity contribution in [3.63, 3.8) is 0 Å². The second-order valence-corrected chi connectivity index (χ2v) is 5.40. The molecule has 9 heteroatoms. The maximum Gasteiger partial charge on any atom is 0.332 e. The number of hydrogen-bond acceptors (Lipinski definition) is 4. The van der Waals surface area contributed by atoms with E-state index in [4.69, 9.17) is 5.53 Å². The largest absolute Gasteiger partial charge is 0.332 e. The molecule has 0 aliphatic rings. The maximum absolute atomic E-state index is 12.5. The molecule has 1 aromatic carbocycles. The number of benzene rings is 1. The summed E-state index contributed by atoms with van der Waals surface area (Å²) in [5.41, 5.74) is 9.17. The third-order valence-electron chi connectivity index (χ3n) is 3.86. The molecular weight excluding hydrogens is 322 g/mol. The molecule has 2 aromatic heterocycles. The van der Waals surface area contributed by atoms with E-state index >= 15 is 0 Å². The monoisotopic (exact) mass is 337 g/mol. The molecule has 0 atom stereocenters. The molecule has 25 heavy (non-hydrogen) atoms. The molecule has 0 fully saturated rings. The summed E-state index contributed by atoms with van der Waals surface area (Å²) in [6.45, 7) is 0.271. The van der Waals surface area contributed by atoms with Crippen molar-refractivity contribution in [1.29, 1.82) is 0 Å². The third-order valence-corrected chi connectivity index (χ3v) is 3.86. The zero-order chi connectivity index (χ0) is 18.0. The summed E-state index contributed by atoms with van der Waals surface area (Å²) in [5.74, 6) is 0.0357. The molecular formula is C16H15N7O2. The van der Waals surface area contributed by atoms with Gasteiger partial charge in [-0.15, -0.1) is 0 Å². The molecule has 0 amide bonds. The van der Waals surface area contributed by atoms with Gasteiger partial charge < -0.3 is 4.57 Å². The summed E-state index contributed by atoms with van der Waals surface area (Å²) < 4.78 is 3.75. The second-order valence-electron chi connectivity index (χ2n) is 5.40. The highest BCUT2D eigenvalue weighted by Gasteiger charge is 2.17. The zero-order valence-electron chi connectivity index (χ0n) is 13.7. The van der Waals surface area contributed by atoms with Crippen LogP contribution in [0, 0.1) is 0 Å². The second kappa shape index (κ2) is 6.50. The lowest BCUT2D eigenvalue weighted by Crippen LogP contribution is -2.37. The van der Waals surface area contributed by atoms with E-state index in [1.807, 2.05) is 42.5 Å². The highest BCUT2D eigenvalue weighted by Crippen LogP contribution is 2.18. The molecule has 126 valence electrons. The van der Waals surface area contributed by atoms with Gasteiger partial charge in [0.2, 0.25) is 0 Å². The van der Waals surface area contributed by atoms with Crippen LogP contribution < -0.4 is 11.2 Å². The lowest BCUT2D eigenvalue weighted by Gasteiger charge is -2.05. The summed E-state index contributed by atoms with van der Waals surface area (Å²) in [7, 11) is 2.91. The highest BCUT2D eigenvalue weighted by molar-refractivity contribution is 5.73. The Morgan fingerprint density at radius 2 is 1.92 bits per heavy atom. The summed E-state index contributed by atoms with van der Waals surface area (Å²) in [6.07, 6.45) is 3.72. The van der Waals surface area contributed by atoms with Crippen LogP contribution in [-0.4, -0.2) is 18.7 Å². The van der Waals surface area contributed by atoms with Gasteiger partial charge in [-0.25, -0.2) is 9.78 Å². The Bertz CT molecular complexity index is 1130. The van der Waals surface area contributed by atoms with Crippen molar-refractivity contribution in [2.75, 3.05) is 0 Å². The topological polar surface area (TPSA) is 111 Å². The first kappa shape index (κ1) is 16.3. The highest BCUT2D eigenvalue weighted by atomic mass is 16.2. The third kappa shape index (κ3) is 2.84. The van der Waals surface area contributed by atoms with Crippen LogP contribution in [0.3, 0.4) is 0 Å². The van der Waals surface area contributed by atoms with E-state index in [2.05, 4.69) is 15.0 Å². The van der Waals surface area contributed by atoms with E-state index < -0.39 is 11.2 Å².